The molecule has 1 amide bonds. The molecule has 0 radical (unpaired) electrons. The SMILES string of the molecule is O=C(N=[N+]=NCc1ccc(S(=O)(=O)N2CCC(n3cnc4cc([N+](=O)[O-])ccc43)CC2)s1)c1ccc(Cl)cc1. The van der Waals surface area contributed by atoms with Gasteiger partial charge in [-0.15, -0.1) is 11.3 Å². The fourth-order valence-corrected chi connectivity index (χ4v) is 7.34. The van der Waals surface area contributed by atoms with Crippen molar-refractivity contribution in [3.8, 4) is 0 Å². The Balaban J connectivity index is 1.20. The molecule has 1 aliphatic heterocycles. The van der Waals surface area contributed by atoms with Gasteiger partial charge in [0.2, 0.25) is 10.0 Å². The Labute approximate surface area is 231 Å². The number of nitro groups is 1. The van der Waals surface area contributed by atoms with Crippen LogP contribution in [0.25, 0.3) is 11.0 Å². The van der Waals surface area contributed by atoms with E-state index < -0.39 is 20.9 Å². The van der Waals surface area contributed by atoms with E-state index in [4.69, 9.17) is 11.6 Å². The minimum Gasteiger partial charge on any atom is -0.327 e. The van der Waals surface area contributed by atoms with Gasteiger partial charge in [0.15, 0.2) is 6.54 Å². The van der Waals surface area contributed by atoms with Gasteiger partial charge >= 0.3 is 5.91 Å². The number of non-ortho nitro benzene ring substituents is 1. The van der Waals surface area contributed by atoms with E-state index in [1.54, 1.807) is 36.7 Å². The van der Waals surface area contributed by atoms with Crippen molar-refractivity contribution >= 4 is 55.6 Å². The maximum atomic E-state index is 13.2. The zero-order valence-electron chi connectivity index (χ0n) is 20.3. The Morgan fingerprint density at radius 1 is 1.15 bits per heavy atom. The normalized spacial score (nSPS) is 14.7. The van der Waals surface area contributed by atoms with Gasteiger partial charge in [-0.05, 0) is 55.3 Å². The zero-order chi connectivity index (χ0) is 27.6. The Hall–Kier alpha value is -3.81. The molecule has 0 unspecified atom stereocenters. The summed E-state index contributed by atoms with van der Waals surface area (Å²) >= 11 is 6.90. The highest BCUT2D eigenvalue weighted by molar-refractivity contribution is 7.91. The minimum atomic E-state index is -3.68. The summed E-state index contributed by atoms with van der Waals surface area (Å²) in [6, 6.07) is 14.0. The maximum Gasteiger partial charge on any atom is 0.360 e. The van der Waals surface area contributed by atoms with Crippen molar-refractivity contribution in [2.75, 3.05) is 13.1 Å². The van der Waals surface area contributed by atoms with Crippen molar-refractivity contribution < 1.29 is 18.1 Å². The molecular formula is C24H21ClN7O5S2+. The van der Waals surface area contributed by atoms with Gasteiger partial charge in [-0.1, -0.05) is 11.6 Å². The van der Waals surface area contributed by atoms with Crippen molar-refractivity contribution in [1.29, 1.82) is 0 Å². The van der Waals surface area contributed by atoms with Gasteiger partial charge in [0, 0.05) is 46.7 Å². The number of carbonyl (C=O) groups is 1. The highest BCUT2D eigenvalue weighted by atomic mass is 35.5. The lowest BCUT2D eigenvalue weighted by Gasteiger charge is -2.31. The molecule has 1 fully saturated rings. The summed E-state index contributed by atoms with van der Waals surface area (Å²) in [5, 5.41) is 19.0. The van der Waals surface area contributed by atoms with Crippen LogP contribution in [-0.2, 0) is 16.6 Å². The number of aromatic nitrogens is 2. The van der Waals surface area contributed by atoms with Crippen LogP contribution in [0.2, 0.25) is 5.02 Å². The molecule has 2 aromatic carbocycles. The second-order valence-electron chi connectivity index (χ2n) is 8.74. The number of rotatable bonds is 7. The molecule has 0 atom stereocenters. The van der Waals surface area contributed by atoms with Crippen molar-refractivity contribution in [3.63, 3.8) is 0 Å². The quantitative estimate of drug-likeness (QED) is 0.128. The number of thiophene rings is 1. The van der Waals surface area contributed by atoms with Crippen LogP contribution in [-0.4, -0.2) is 46.2 Å². The molecule has 0 aliphatic carbocycles. The van der Waals surface area contributed by atoms with Crippen LogP contribution < -0.4 is 4.91 Å². The fourth-order valence-electron chi connectivity index (χ4n) is 4.32. The number of carbonyl (C=O) groups excluding carboxylic acids is 1. The second kappa shape index (κ2) is 11.1. The predicted octanol–water partition coefficient (Wildman–Crippen LogP) is 5.00. The van der Waals surface area contributed by atoms with Crippen LogP contribution in [0.1, 0.15) is 34.1 Å². The van der Waals surface area contributed by atoms with Gasteiger partial charge in [0.1, 0.15) is 9.32 Å². The summed E-state index contributed by atoms with van der Waals surface area (Å²) in [6.07, 6.45) is 2.81. The molecule has 0 spiro atoms. The molecule has 4 aromatic rings. The van der Waals surface area contributed by atoms with E-state index in [2.05, 4.69) is 20.1 Å². The molecule has 200 valence electrons. The van der Waals surface area contributed by atoms with Gasteiger partial charge < -0.3 is 4.57 Å². The maximum absolute atomic E-state index is 13.2. The van der Waals surface area contributed by atoms with Gasteiger partial charge in [0.25, 0.3) is 15.7 Å². The average molecular weight is 587 g/mol. The van der Waals surface area contributed by atoms with Gasteiger partial charge in [-0.2, -0.15) is 4.31 Å². The third kappa shape index (κ3) is 5.79. The summed E-state index contributed by atoms with van der Waals surface area (Å²) in [7, 11) is -3.68. The van der Waals surface area contributed by atoms with Gasteiger partial charge in [-0.25, -0.2) is 13.4 Å². The van der Waals surface area contributed by atoms with E-state index in [0.29, 0.717) is 46.9 Å². The Morgan fingerprint density at radius 2 is 1.90 bits per heavy atom. The van der Waals surface area contributed by atoms with Gasteiger partial charge in [0.05, 0.1) is 22.3 Å². The zero-order valence-corrected chi connectivity index (χ0v) is 22.6. The molecule has 5 rings (SSSR count). The Kier molecular flexibility index (Phi) is 7.64. The number of nitrogens with zero attached hydrogens (tertiary/aromatic N) is 7. The highest BCUT2D eigenvalue weighted by Crippen LogP contribution is 2.32. The predicted molar refractivity (Wildman–Crippen MR) is 144 cm³/mol. The lowest BCUT2D eigenvalue weighted by atomic mass is 10.1. The van der Waals surface area contributed by atoms with Crippen molar-refractivity contribution in [3.05, 3.63) is 86.5 Å². The number of sulfonamides is 1. The molecule has 0 N–H and O–H groups in total. The monoisotopic (exact) mass is 586 g/mol. The molecule has 15 heteroatoms. The first kappa shape index (κ1) is 26.8. The molecule has 39 heavy (non-hydrogen) atoms. The van der Waals surface area contributed by atoms with E-state index in [1.165, 1.54) is 28.6 Å². The summed E-state index contributed by atoms with van der Waals surface area (Å²) in [4.78, 5) is 31.1. The molecule has 2 aromatic heterocycles. The van der Waals surface area contributed by atoms with E-state index in [-0.39, 0.29) is 22.5 Å². The van der Waals surface area contributed by atoms with Crippen LogP contribution in [0.3, 0.4) is 0 Å². The number of hydrogen-bond acceptors (Lipinski definition) is 8. The topological polar surface area (TPSA) is 154 Å². The number of fused-ring (bicyclic) bond motifs is 1. The summed E-state index contributed by atoms with van der Waals surface area (Å²) in [6.45, 7) is 0.752. The highest BCUT2D eigenvalue weighted by Gasteiger charge is 2.31. The number of amides is 1. The summed E-state index contributed by atoms with van der Waals surface area (Å²) in [5.74, 6) is -0.557. The van der Waals surface area contributed by atoms with E-state index in [1.807, 2.05) is 4.57 Å². The first-order chi connectivity index (χ1) is 18.7. The Morgan fingerprint density at radius 3 is 2.62 bits per heavy atom. The third-order valence-electron chi connectivity index (χ3n) is 6.33. The number of benzene rings is 2. The van der Waals surface area contributed by atoms with Crippen LogP contribution in [0, 0.1) is 10.1 Å². The van der Waals surface area contributed by atoms with E-state index in [0.717, 1.165) is 16.9 Å². The first-order valence-electron chi connectivity index (χ1n) is 11.8. The van der Waals surface area contributed by atoms with Crippen LogP contribution in [0.15, 0.2) is 75.4 Å². The van der Waals surface area contributed by atoms with Crippen molar-refractivity contribution in [2.45, 2.75) is 29.6 Å². The number of halogens is 1. The van der Waals surface area contributed by atoms with Crippen molar-refractivity contribution in [1.82, 2.24) is 18.8 Å². The smallest absolute Gasteiger partial charge is 0.327 e. The number of nitro benzene ring substituents is 1. The largest absolute Gasteiger partial charge is 0.360 e. The minimum absolute atomic E-state index is 0.0220. The number of imidazole rings is 1. The molecule has 12 nitrogen and oxygen atoms in total. The number of piperidine rings is 1. The van der Waals surface area contributed by atoms with Crippen LogP contribution in [0.5, 0.6) is 0 Å². The summed E-state index contributed by atoms with van der Waals surface area (Å²) < 4.78 is 30.1. The lowest BCUT2D eigenvalue weighted by molar-refractivity contribution is -0.384. The lowest BCUT2D eigenvalue weighted by Crippen LogP contribution is -2.38. The molecular weight excluding hydrogens is 566 g/mol. The fraction of sp³-hybridized carbons (Fsp3) is 0.250. The first-order valence-corrected chi connectivity index (χ1v) is 14.4. The summed E-state index contributed by atoms with van der Waals surface area (Å²) in [5.41, 5.74) is 1.62. The van der Waals surface area contributed by atoms with Gasteiger partial charge in [-0.3, -0.25) is 14.9 Å². The molecule has 3 heterocycles. The molecule has 1 aliphatic rings. The second-order valence-corrected chi connectivity index (χ2v) is 12.5. The molecule has 1 saturated heterocycles. The average Bonchev–Trinajstić information content (AvgIpc) is 3.59. The van der Waals surface area contributed by atoms with Crippen LogP contribution in [0.4, 0.5) is 5.69 Å². The Bertz CT molecular complexity index is 1720. The number of hydrogen-bond donors (Lipinski definition) is 0. The van der Waals surface area contributed by atoms with Crippen molar-refractivity contribution in [2.24, 2.45) is 10.2 Å². The van der Waals surface area contributed by atoms with E-state index in [9.17, 15) is 23.3 Å². The molecule has 0 bridgehead atoms. The van der Waals surface area contributed by atoms with E-state index >= 15 is 0 Å². The standard InChI is InChI=1S/C24H21ClN7O5S2/c25-17-3-1-16(2-4-17)24(33)28-29-27-14-20-6-8-23(38-20)39(36,37)30-11-9-18(10-12-30)31-15-26-21-13-19(32(34)35)5-7-22(21)31/h1-8,13,15,18H,9-12,14H2/q+1. The van der Waals surface area contributed by atoms with Crippen LogP contribution >= 0.6 is 22.9 Å². The third-order valence-corrected chi connectivity index (χ3v) is 10.0. The molecule has 0 saturated carbocycles.